The van der Waals surface area contributed by atoms with Crippen molar-refractivity contribution in [2.45, 2.75) is 13.3 Å². The van der Waals surface area contributed by atoms with E-state index >= 15 is 0 Å². The van der Waals surface area contributed by atoms with E-state index in [1.807, 2.05) is 24.3 Å². The lowest BCUT2D eigenvalue weighted by atomic mass is 10.1. The molecule has 92 valence electrons. The molecular formula is C15H15NO2. The molecule has 0 unspecified atom stereocenters. The molecule has 1 aromatic heterocycles. The first-order valence-electron chi connectivity index (χ1n) is 5.94. The van der Waals surface area contributed by atoms with E-state index in [2.05, 4.69) is 17.1 Å². The lowest BCUT2D eigenvalue weighted by Crippen LogP contribution is -2.05. The molecule has 18 heavy (non-hydrogen) atoms. The smallest absolute Gasteiger partial charge is 0.339 e. The van der Waals surface area contributed by atoms with Crippen molar-refractivity contribution < 1.29 is 9.53 Å². The van der Waals surface area contributed by atoms with Gasteiger partial charge in [-0.25, -0.2) is 4.79 Å². The summed E-state index contributed by atoms with van der Waals surface area (Å²) in [6.07, 6.45) is 4.07. The largest absolute Gasteiger partial charge is 0.462 e. The van der Waals surface area contributed by atoms with Crippen LogP contribution >= 0.6 is 0 Å². The Hall–Kier alpha value is -2.16. The van der Waals surface area contributed by atoms with Crippen molar-refractivity contribution in [3.63, 3.8) is 0 Å². The molecule has 2 rings (SSSR count). The maximum absolute atomic E-state index is 11.6. The zero-order valence-corrected chi connectivity index (χ0v) is 10.3. The maximum Gasteiger partial charge on any atom is 0.339 e. The second-order valence-electron chi connectivity index (χ2n) is 3.96. The molecule has 3 heteroatoms. The number of benzene rings is 1. The SMILES string of the molecule is CCOC(=O)c1cncc(Cc2ccccc2)c1. The van der Waals surface area contributed by atoms with Gasteiger partial charge in [-0.1, -0.05) is 30.3 Å². The molecule has 1 heterocycles. The van der Waals surface area contributed by atoms with Gasteiger partial charge >= 0.3 is 5.97 Å². The van der Waals surface area contributed by atoms with Gasteiger partial charge in [-0.05, 0) is 30.5 Å². The molecule has 2 aromatic rings. The second kappa shape index (κ2) is 5.96. The van der Waals surface area contributed by atoms with Crippen molar-refractivity contribution in [2.75, 3.05) is 6.61 Å². The van der Waals surface area contributed by atoms with Crippen LogP contribution in [0.4, 0.5) is 0 Å². The van der Waals surface area contributed by atoms with Crippen molar-refractivity contribution in [3.8, 4) is 0 Å². The Morgan fingerprint density at radius 3 is 2.67 bits per heavy atom. The van der Waals surface area contributed by atoms with Gasteiger partial charge in [-0.3, -0.25) is 4.98 Å². The lowest BCUT2D eigenvalue weighted by Gasteiger charge is -2.04. The predicted octanol–water partition coefficient (Wildman–Crippen LogP) is 2.85. The average Bonchev–Trinajstić information content (AvgIpc) is 2.40. The maximum atomic E-state index is 11.6. The molecule has 0 aliphatic carbocycles. The summed E-state index contributed by atoms with van der Waals surface area (Å²) in [5.74, 6) is -0.320. The Morgan fingerprint density at radius 2 is 1.94 bits per heavy atom. The number of esters is 1. The average molecular weight is 241 g/mol. The molecule has 0 aliphatic rings. The van der Waals surface area contributed by atoms with Crippen molar-refractivity contribution >= 4 is 5.97 Å². The van der Waals surface area contributed by atoms with Crippen LogP contribution in [0.5, 0.6) is 0 Å². The molecule has 0 radical (unpaired) electrons. The second-order valence-corrected chi connectivity index (χ2v) is 3.96. The van der Waals surface area contributed by atoms with Crippen LogP contribution in [0.1, 0.15) is 28.4 Å². The van der Waals surface area contributed by atoms with Gasteiger partial charge in [0.25, 0.3) is 0 Å². The Bertz CT molecular complexity index is 523. The van der Waals surface area contributed by atoms with Crippen molar-refractivity contribution in [2.24, 2.45) is 0 Å². The van der Waals surface area contributed by atoms with Gasteiger partial charge in [-0.2, -0.15) is 0 Å². The fourth-order valence-electron chi connectivity index (χ4n) is 1.74. The molecule has 0 saturated carbocycles. The number of aromatic nitrogens is 1. The number of carbonyl (C=O) groups excluding carboxylic acids is 1. The van der Waals surface area contributed by atoms with E-state index in [1.54, 1.807) is 13.1 Å². The highest BCUT2D eigenvalue weighted by Gasteiger charge is 2.07. The predicted molar refractivity (Wildman–Crippen MR) is 69.4 cm³/mol. The summed E-state index contributed by atoms with van der Waals surface area (Å²) in [5.41, 5.74) is 2.71. The molecule has 3 nitrogen and oxygen atoms in total. The van der Waals surface area contributed by atoms with Gasteiger partial charge in [-0.15, -0.1) is 0 Å². The quantitative estimate of drug-likeness (QED) is 0.773. The molecule has 0 aliphatic heterocycles. The number of ether oxygens (including phenoxy) is 1. The van der Waals surface area contributed by atoms with Gasteiger partial charge in [0.2, 0.25) is 0 Å². The van der Waals surface area contributed by atoms with Crippen molar-refractivity contribution in [3.05, 3.63) is 65.5 Å². The van der Waals surface area contributed by atoms with Crippen molar-refractivity contribution in [1.82, 2.24) is 4.98 Å². The number of hydrogen-bond acceptors (Lipinski definition) is 3. The topological polar surface area (TPSA) is 39.2 Å². The number of nitrogens with zero attached hydrogens (tertiary/aromatic N) is 1. The summed E-state index contributed by atoms with van der Waals surface area (Å²) >= 11 is 0. The fraction of sp³-hybridized carbons (Fsp3) is 0.200. The van der Waals surface area contributed by atoms with Crippen LogP contribution in [-0.2, 0) is 11.2 Å². The van der Waals surface area contributed by atoms with Crippen LogP contribution < -0.4 is 0 Å². The zero-order chi connectivity index (χ0) is 12.8. The van der Waals surface area contributed by atoms with E-state index in [0.717, 1.165) is 12.0 Å². The van der Waals surface area contributed by atoms with Gasteiger partial charge in [0.15, 0.2) is 0 Å². The normalized spacial score (nSPS) is 10.1. The zero-order valence-electron chi connectivity index (χ0n) is 10.3. The number of carbonyl (C=O) groups is 1. The van der Waals surface area contributed by atoms with Gasteiger partial charge in [0, 0.05) is 12.4 Å². The van der Waals surface area contributed by atoms with Crippen molar-refractivity contribution in [1.29, 1.82) is 0 Å². The first kappa shape index (κ1) is 12.3. The van der Waals surface area contributed by atoms with E-state index < -0.39 is 0 Å². The summed E-state index contributed by atoms with van der Waals surface area (Å²) in [4.78, 5) is 15.7. The minimum absolute atomic E-state index is 0.320. The Morgan fingerprint density at radius 1 is 1.17 bits per heavy atom. The molecule has 1 aromatic carbocycles. The van der Waals surface area contributed by atoms with Gasteiger partial charge in [0.05, 0.1) is 12.2 Å². The minimum Gasteiger partial charge on any atom is -0.462 e. The van der Waals surface area contributed by atoms with Crippen LogP contribution in [0.15, 0.2) is 48.8 Å². The van der Waals surface area contributed by atoms with Crippen LogP contribution in [0.3, 0.4) is 0 Å². The Balaban J connectivity index is 2.15. The third kappa shape index (κ3) is 3.17. The van der Waals surface area contributed by atoms with Gasteiger partial charge in [0.1, 0.15) is 0 Å². The highest BCUT2D eigenvalue weighted by molar-refractivity contribution is 5.89. The summed E-state index contributed by atoms with van der Waals surface area (Å²) in [7, 11) is 0. The standard InChI is InChI=1S/C15H15NO2/c1-2-18-15(17)14-9-13(10-16-11-14)8-12-6-4-3-5-7-12/h3-7,9-11H,2,8H2,1H3. The van der Waals surface area contributed by atoms with E-state index in [1.165, 1.54) is 11.8 Å². The third-order valence-electron chi connectivity index (χ3n) is 2.56. The minimum atomic E-state index is -0.320. The van der Waals surface area contributed by atoms with Crippen LogP contribution in [-0.4, -0.2) is 17.6 Å². The molecule has 0 fully saturated rings. The number of rotatable bonds is 4. The highest BCUT2D eigenvalue weighted by Crippen LogP contribution is 2.10. The molecule has 0 amide bonds. The van der Waals surface area contributed by atoms with Crippen LogP contribution in [0.2, 0.25) is 0 Å². The summed E-state index contributed by atoms with van der Waals surface area (Å²) in [5, 5.41) is 0. The first-order chi connectivity index (χ1) is 8.79. The van der Waals surface area contributed by atoms with E-state index in [-0.39, 0.29) is 5.97 Å². The van der Waals surface area contributed by atoms with Crippen LogP contribution in [0.25, 0.3) is 0 Å². The van der Waals surface area contributed by atoms with E-state index in [9.17, 15) is 4.79 Å². The summed E-state index contributed by atoms with van der Waals surface area (Å²) in [6, 6.07) is 11.9. The summed E-state index contributed by atoms with van der Waals surface area (Å²) < 4.78 is 4.95. The Kier molecular flexibility index (Phi) is 4.07. The van der Waals surface area contributed by atoms with Gasteiger partial charge < -0.3 is 4.74 Å². The lowest BCUT2D eigenvalue weighted by molar-refractivity contribution is 0.0525. The summed E-state index contributed by atoms with van der Waals surface area (Å²) in [6.45, 7) is 2.17. The first-order valence-corrected chi connectivity index (χ1v) is 5.94. The number of pyridine rings is 1. The molecule has 0 N–H and O–H groups in total. The van der Waals surface area contributed by atoms with E-state index in [4.69, 9.17) is 4.74 Å². The van der Waals surface area contributed by atoms with E-state index in [0.29, 0.717) is 12.2 Å². The molecule has 0 bridgehead atoms. The fourth-order valence-corrected chi connectivity index (χ4v) is 1.74. The molecule has 0 atom stereocenters. The number of hydrogen-bond donors (Lipinski definition) is 0. The third-order valence-corrected chi connectivity index (χ3v) is 2.56. The molecule has 0 saturated heterocycles. The highest BCUT2D eigenvalue weighted by atomic mass is 16.5. The monoisotopic (exact) mass is 241 g/mol. The van der Waals surface area contributed by atoms with Crippen LogP contribution in [0, 0.1) is 0 Å². The molecule has 0 spiro atoms. The Labute approximate surface area is 106 Å². The molecular weight excluding hydrogens is 226 g/mol.